The van der Waals surface area contributed by atoms with Gasteiger partial charge in [0.15, 0.2) is 0 Å². The van der Waals surface area contributed by atoms with E-state index in [1.54, 1.807) is 18.0 Å². The lowest BCUT2D eigenvalue weighted by Crippen LogP contribution is -2.15. The quantitative estimate of drug-likeness (QED) is 0.898. The van der Waals surface area contributed by atoms with E-state index < -0.39 is 6.10 Å². The minimum Gasteiger partial charge on any atom is -0.383 e. The lowest BCUT2D eigenvalue weighted by Gasteiger charge is -2.16. The predicted octanol–water partition coefficient (Wildman–Crippen LogP) is 1.78. The smallest absolute Gasteiger partial charge is 0.124 e. The van der Waals surface area contributed by atoms with Gasteiger partial charge in [0.05, 0.1) is 40.9 Å². The molecule has 2 heterocycles. The highest BCUT2D eigenvalue weighted by atomic mass is 79.9. The fraction of sp³-hybridized carbons (Fsp3) is 0.462. The van der Waals surface area contributed by atoms with Crippen molar-refractivity contribution in [2.75, 3.05) is 13.7 Å². The largest absolute Gasteiger partial charge is 0.383 e. The third kappa shape index (κ3) is 3.05. The summed E-state index contributed by atoms with van der Waals surface area (Å²) in [6, 6.07) is 1.84. The van der Waals surface area contributed by atoms with Crippen LogP contribution in [-0.4, -0.2) is 38.8 Å². The Morgan fingerprint density at radius 2 is 2.15 bits per heavy atom. The van der Waals surface area contributed by atoms with Crippen LogP contribution in [0.3, 0.4) is 0 Å². The van der Waals surface area contributed by atoms with Crippen LogP contribution in [0.15, 0.2) is 16.7 Å². The lowest BCUT2D eigenvalue weighted by atomic mass is 10.1. The van der Waals surface area contributed by atoms with E-state index in [0.717, 1.165) is 15.7 Å². The third-order valence-corrected chi connectivity index (χ3v) is 3.64. The maximum atomic E-state index is 10.6. The van der Waals surface area contributed by atoms with Gasteiger partial charge in [0.2, 0.25) is 0 Å². The van der Waals surface area contributed by atoms with Crippen LogP contribution < -0.4 is 0 Å². The van der Waals surface area contributed by atoms with Gasteiger partial charge in [0, 0.05) is 12.7 Å². The van der Waals surface area contributed by atoms with Gasteiger partial charge in [-0.2, -0.15) is 15.3 Å². The molecule has 1 atom stereocenters. The van der Waals surface area contributed by atoms with E-state index in [1.807, 2.05) is 19.9 Å². The summed E-state index contributed by atoms with van der Waals surface area (Å²) in [5.41, 5.74) is 2.90. The van der Waals surface area contributed by atoms with Gasteiger partial charge < -0.3 is 9.84 Å². The molecule has 7 heteroatoms. The van der Waals surface area contributed by atoms with Crippen LogP contribution in [-0.2, 0) is 11.3 Å². The fourth-order valence-electron chi connectivity index (χ4n) is 1.99. The van der Waals surface area contributed by atoms with Gasteiger partial charge in [-0.15, -0.1) is 0 Å². The Balaban J connectivity index is 2.39. The first kappa shape index (κ1) is 15.1. The summed E-state index contributed by atoms with van der Waals surface area (Å²) in [7, 11) is 1.63. The summed E-state index contributed by atoms with van der Waals surface area (Å²) < 4.78 is 7.55. The van der Waals surface area contributed by atoms with Crippen LogP contribution in [0.1, 0.15) is 28.7 Å². The first-order valence-corrected chi connectivity index (χ1v) is 7.03. The zero-order valence-corrected chi connectivity index (χ0v) is 13.3. The van der Waals surface area contributed by atoms with Crippen LogP contribution in [0, 0.1) is 13.8 Å². The number of aromatic nitrogens is 4. The summed E-state index contributed by atoms with van der Waals surface area (Å²) in [5, 5.41) is 22.9. The predicted molar refractivity (Wildman–Crippen MR) is 77.4 cm³/mol. The van der Waals surface area contributed by atoms with E-state index in [-0.39, 0.29) is 0 Å². The second kappa shape index (κ2) is 6.43. The van der Waals surface area contributed by atoms with E-state index in [2.05, 4.69) is 31.2 Å². The maximum Gasteiger partial charge on any atom is 0.124 e. The number of aryl methyl sites for hydroxylation is 2. The molecular weight excluding hydrogens is 324 g/mol. The minimum atomic E-state index is -0.807. The van der Waals surface area contributed by atoms with Crippen molar-refractivity contribution in [2.45, 2.75) is 26.5 Å². The molecule has 2 rings (SSSR count). The first-order chi connectivity index (χ1) is 9.54. The molecule has 1 N–H and O–H groups in total. The number of nitrogens with zero attached hydrogens (tertiary/aromatic N) is 4. The van der Waals surface area contributed by atoms with Gasteiger partial charge in [0.25, 0.3) is 0 Å². The normalized spacial score (nSPS) is 12.7. The molecule has 0 radical (unpaired) electrons. The Morgan fingerprint density at radius 3 is 2.85 bits per heavy atom. The molecule has 20 heavy (non-hydrogen) atoms. The van der Waals surface area contributed by atoms with Crippen molar-refractivity contribution in [1.29, 1.82) is 0 Å². The molecule has 0 spiro atoms. The number of methoxy groups -OCH3 is 1. The summed E-state index contributed by atoms with van der Waals surface area (Å²) in [6.45, 7) is 4.78. The molecule has 0 aliphatic carbocycles. The zero-order valence-electron chi connectivity index (χ0n) is 11.7. The molecule has 0 aliphatic rings. The molecule has 0 saturated heterocycles. The Hall–Kier alpha value is -1.31. The first-order valence-electron chi connectivity index (χ1n) is 6.23. The Labute approximate surface area is 125 Å². The average Bonchev–Trinajstić information content (AvgIpc) is 2.79. The standard InChI is InChI=1S/C13H17BrN4O2/c1-8-6-10(9(2)17-16-8)13(19)12-11(14)7-15-18(12)4-5-20-3/h6-7,13,19H,4-5H2,1-3H3. The Morgan fingerprint density at radius 1 is 1.40 bits per heavy atom. The van der Waals surface area contributed by atoms with Crippen LogP contribution in [0.2, 0.25) is 0 Å². The number of aliphatic hydroxyl groups is 1. The number of halogens is 1. The second-order valence-corrected chi connectivity index (χ2v) is 5.38. The molecule has 2 aromatic heterocycles. The SMILES string of the molecule is COCCn1ncc(Br)c1C(O)c1cc(C)nnc1C. The number of aliphatic hydroxyl groups excluding tert-OH is 1. The van der Waals surface area contributed by atoms with Gasteiger partial charge in [0.1, 0.15) is 6.10 Å². The van der Waals surface area contributed by atoms with Crippen molar-refractivity contribution >= 4 is 15.9 Å². The highest BCUT2D eigenvalue weighted by Gasteiger charge is 2.22. The van der Waals surface area contributed by atoms with Crippen molar-refractivity contribution in [2.24, 2.45) is 0 Å². The number of hydrogen-bond donors (Lipinski definition) is 1. The highest BCUT2D eigenvalue weighted by Crippen LogP contribution is 2.29. The fourth-order valence-corrected chi connectivity index (χ4v) is 2.51. The Bertz CT molecular complexity index is 600. The van der Waals surface area contributed by atoms with Gasteiger partial charge >= 0.3 is 0 Å². The van der Waals surface area contributed by atoms with Crippen molar-refractivity contribution in [3.8, 4) is 0 Å². The monoisotopic (exact) mass is 340 g/mol. The van der Waals surface area contributed by atoms with Crippen molar-refractivity contribution in [3.63, 3.8) is 0 Å². The van der Waals surface area contributed by atoms with Gasteiger partial charge in [-0.3, -0.25) is 4.68 Å². The second-order valence-electron chi connectivity index (χ2n) is 4.52. The van der Waals surface area contributed by atoms with Crippen molar-refractivity contribution in [1.82, 2.24) is 20.0 Å². The molecular formula is C13H17BrN4O2. The van der Waals surface area contributed by atoms with E-state index in [9.17, 15) is 5.11 Å². The van der Waals surface area contributed by atoms with Gasteiger partial charge in [-0.25, -0.2) is 0 Å². The average molecular weight is 341 g/mol. The Kier molecular flexibility index (Phi) is 4.85. The molecule has 0 aliphatic heterocycles. The molecule has 0 bridgehead atoms. The molecule has 0 fully saturated rings. The van der Waals surface area contributed by atoms with E-state index in [0.29, 0.717) is 24.5 Å². The molecule has 2 aromatic rings. The minimum absolute atomic E-state index is 0.528. The maximum absolute atomic E-state index is 10.6. The van der Waals surface area contributed by atoms with Crippen molar-refractivity contribution < 1.29 is 9.84 Å². The number of hydrogen-bond acceptors (Lipinski definition) is 5. The molecule has 108 valence electrons. The molecule has 0 aromatic carbocycles. The molecule has 0 amide bonds. The summed E-state index contributed by atoms with van der Waals surface area (Å²) in [5.74, 6) is 0. The summed E-state index contributed by atoms with van der Waals surface area (Å²) in [6.07, 6.45) is 0.864. The number of ether oxygens (including phenoxy) is 1. The van der Waals surface area contributed by atoms with Crippen LogP contribution in [0.4, 0.5) is 0 Å². The van der Waals surface area contributed by atoms with Crippen LogP contribution in [0.25, 0.3) is 0 Å². The van der Waals surface area contributed by atoms with E-state index in [1.165, 1.54) is 0 Å². The summed E-state index contributed by atoms with van der Waals surface area (Å²) >= 11 is 3.43. The molecule has 1 unspecified atom stereocenters. The van der Waals surface area contributed by atoms with Crippen molar-refractivity contribution in [3.05, 3.63) is 39.4 Å². The lowest BCUT2D eigenvalue weighted by molar-refractivity contribution is 0.170. The topological polar surface area (TPSA) is 73.1 Å². The highest BCUT2D eigenvalue weighted by molar-refractivity contribution is 9.10. The molecule has 6 nitrogen and oxygen atoms in total. The van der Waals surface area contributed by atoms with Gasteiger partial charge in [-0.1, -0.05) is 0 Å². The molecule has 0 saturated carbocycles. The zero-order chi connectivity index (χ0) is 14.7. The number of rotatable bonds is 5. The van der Waals surface area contributed by atoms with Crippen LogP contribution in [0.5, 0.6) is 0 Å². The third-order valence-electron chi connectivity index (χ3n) is 3.03. The van der Waals surface area contributed by atoms with E-state index in [4.69, 9.17) is 4.74 Å². The van der Waals surface area contributed by atoms with Gasteiger partial charge in [-0.05, 0) is 35.8 Å². The van der Waals surface area contributed by atoms with E-state index >= 15 is 0 Å². The summed E-state index contributed by atoms with van der Waals surface area (Å²) in [4.78, 5) is 0. The van der Waals surface area contributed by atoms with Crippen LogP contribution >= 0.6 is 15.9 Å².